The molecular formula is C14H24N4. The average molecular weight is 248 g/mol. The van der Waals surface area contributed by atoms with Crippen molar-refractivity contribution in [2.24, 2.45) is 5.92 Å². The van der Waals surface area contributed by atoms with Crippen LogP contribution in [-0.4, -0.2) is 40.5 Å². The molecule has 0 bridgehead atoms. The fraction of sp³-hybridized carbons (Fsp3) is 0.714. The van der Waals surface area contributed by atoms with Gasteiger partial charge in [0.15, 0.2) is 0 Å². The number of nitrogens with zero attached hydrogens (tertiary/aromatic N) is 3. The second-order valence-electron chi connectivity index (χ2n) is 5.26. The van der Waals surface area contributed by atoms with Gasteiger partial charge in [-0.05, 0) is 31.4 Å². The van der Waals surface area contributed by atoms with Crippen molar-refractivity contribution in [3.05, 3.63) is 24.3 Å². The van der Waals surface area contributed by atoms with Gasteiger partial charge < -0.3 is 5.32 Å². The summed E-state index contributed by atoms with van der Waals surface area (Å²) in [7, 11) is 0. The maximum Gasteiger partial charge on any atom is 0.115 e. The van der Waals surface area contributed by atoms with E-state index in [1.54, 1.807) is 6.33 Å². The molecule has 0 aliphatic carbocycles. The number of piperidine rings is 1. The largest absolute Gasteiger partial charge is 0.314 e. The molecule has 4 nitrogen and oxygen atoms in total. The van der Waals surface area contributed by atoms with E-state index in [1.807, 2.05) is 12.3 Å². The Morgan fingerprint density at radius 3 is 3.06 bits per heavy atom. The third-order valence-corrected chi connectivity index (χ3v) is 3.67. The Hall–Kier alpha value is -1.00. The lowest BCUT2D eigenvalue weighted by Gasteiger charge is -2.37. The molecule has 2 heterocycles. The van der Waals surface area contributed by atoms with Crippen molar-refractivity contribution in [2.45, 2.75) is 39.3 Å². The minimum atomic E-state index is 0.687. The van der Waals surface area contributed by atoms with Crippen molar-refractivity contribution in [3.8, 4) is 0 Å². The summed E-state index contributed by atoms with van der Waals surface area (Å²) in [5, 5.41) is 3.65. The normalized spacial score (nSPS) is 25.2. The fourth-order valence-corrected chi connectivity index (χ4v) is 2.65. The van der Waals surface area contributed by atoms with Gasteiger partial charge in [-0.25, -0.2) is 9.97 Å². The molecule has 0 saturated carbocycles. The summed E-state index contributed by atoms with van der Waals surface area (Å²) in [6.07, 6.45) is 5.91. The van der Waals surface area contributed by atoms with Crippen LogP contribution in [-0.2, 0) is 6.54 Å². The number of aromatic nitrogens is 2. The van der Waals surface area contributed by atoms with Crippen molar-refractivity contribution >= 4 is 0 Å². The molecule has 1 aromatic heterocycles. The monoisotopic (exact) mass is 248 g/mol. The van der Waals surface area contributed by atoms with Crippen LogP contribution in [0.15, 0.2) is 18.6 Å². The van der Waals surface area contributed by atoms with Crippen molar-refractivity contribution in [1.29, 1.82) is 0 Å². The zero-order valence-corrected chi connectivity index (χ0v) is 11.5. The molecule has 0 radical (unpaired) electrons. The average Bonchev–Trinajstić information content (AvgIpc) is 2.39. The first-order valence-electron chi connectivity index (χ1n) is 7.00. The van der Waals surface area contributed by atoms with Gasteiger partial charge in [0.2, 0.25) is 0 Å². The molecule has 1 aliphatic rings. The van der Waals surface area contributed by atoms with Gasteiger partial charge >= 0.3 is 0 Å². The van der Waals surface area contributed by atoms with Crippen LogP contribution in [0.25, 0.3) is 0 Å². The summed E-state index contributed by atoms with van der Waals surface area (Å²) in [6, 6.07) is 2.69. The van der Waals surface area contributed by atoms with E-state index in [2.05, 4.69) is 34.0 Å². The summed E-state index contributed by atoms with van der Waals surface area (Å²) in [6.45, 7) is 8.98. The van der Waals surface area contributed by atoms with Crippen LogP contribution in [0.3, 0.4) is 0 Å². The van der Waals surface area contributed by atoms with Crippen LogP contribution < -0.4 is 5.32 Å². The van der Waals surface area contributed by atoms with Gasteiger partial charge in [0.05, 0.1) is 5.69 Å². The number of hydrogen-bond donors (Lipinski definition) is 1. The minimum Gasteiger partial charge on any atom is -0.314 e. The van der Waals surface area contributed by atoms with Crippen molar-refractivity contribution in [2.75, 3.05) is 19.6 Å². The van der Waals surface area contributed by atoms with Gasteiger partial charge in [0.1, 0.15) is 6.33 Å². The Morgan fingerprint density at radius 1 is 1.50 bits per heavy atom. The summed E-state index contributed by atoms with van der Waals surface area (Å²) in [4.78, 5) is 10.8. The Balaban J connectivity index is 1.81. The first kappa shape index (κ1) is 13.4. The van der Waals surface area contributed by atoms with Gasteiger partial charge in [0.25, 0.3) is 0 Å². The van der Waals surface area contributed by atoms with E-state index in [1.165, 1.54) is 12.8 Å². The molecule has 0 amide bonds. The van der Waals surface area contributed by atoms with Crippen LogP contribution in [0.5, 0.6) is 0 Å². The van der Waals surface area contributed by atoms with Crippen molar-refractivity contribution in [1.82, 2.24) is 20.2 Å². The summed E-state index contributed by atoms with van der Waals surface area (Å²) >= 11 is 0. The lowest BCUT2D eigenvalue weighted by atomic mass is 9.93. The molecule has 0 spiro atoms. The minimum absolute atomic E-state index is 0.687. The van der Waals surface area contributed by atoms with E-state index in [0.717, 1.165) is 31.9 Å². The molecular weight excluding hydrogens is 224 g/mol. The van der Waals surface area contributed by atoms with Gasteiger partial charge in [-0.1, -0.05) is 13.8 Å². The third kappa shape index (κ3) is 3.75. The van der Waals surface area contributed by atoms with Gasteiger partial charge in [-0.15, -0.1) is 0 Å². The first-order valence-corrected chi connectivity index (χ1v) is 7.00. The van der Waals surface area contributed by atoms with Crippen LogP contribution in [0, 0.1) is 5.92 Å². The summed E-state index contributed by atoms with van der Waals surface area (Å²) < 4.78 is 0. The molecule has 2 atom stereocenters. The predicted octanol–water partition coefficient (Wildman–Crippen LogP) is 1.69. The zero-order chi connectivity index (χ0) is 12.8. The predicted molar refractivity (Wildman–Crippen MR) is 73.2 cm³/mol. The maximum atomic E-state index is 4.30. The quantitative estimate of drug-likeness (QED) is 0.861. The highest BCUT2D eigenvalue weighted by molar-refractivity contribution is 4.98. The highest BCUT2D eigenvalue weighted by Crippen LogP contribution is 2.18. The van der Waals surface area contributed by atoms with E-state index in [0.29, 0.717) is 12.0 Å². The zero-order valence-electron chi connectivity index (χ0n) is 11.5. The molecule has 0 aromatic carbocycles. The SMILES string of the molecule is CCCNC1CCN(Cc2ccncn2)CC1C. The van der Waals surface area contributed by atoms with Crippen molar-refractivity contribution in [3.63, 3.8) is 0 Å². The lowest BCUT2D eigenvalue weighted by molar-refractivity contribution is 0.140. The Labute approximate surface area is 110 Å². The Kier molecular flexibility index (Phi) is 5.08. The molecule has 1 aliphatic heterocycles. The van der Waals surface area contributed by atoms with Crippen molar-refractivity contribution < 1.29 is 0 Å². The van der Waals surface area contributed by atoms with Gasteiger partial charge in [-0.2, -0.15) is 0 Å². The number of nitrogens with one attached hydrogen (secondary N) is 1. The first-order chi connectivity index (χ1) is 8.79. The van der Waals surface area contributed by atoms with Gasteiger partial charge in [-0.3, -0.25) is 4.90 Å². The van der Waals surface area contributed by atoms with E-state index in [9.17, 15) is 0 Å². The number of hydrogen-bond acceptors (Lipinski definition) is 4. The second-order valence-corrected chi connectivity index (χ2v) is 5.26. The maximum absolute atomic E-state index is 4.30. The molecule has 2 rings (SSSR count). The van der Waals surface area contributed by atoms with E-state index in [4.69, 9.17) is 0 Å². The summed E-state index contributed by atoms with van der Waals surface area (Å²) in [5.74, 6) is 0.715. The molecule has 1 fully saturated rings. The van der Waals surface area contributed by atoms with E-state index >= 15 is 0 Å². The Bertz CT molecular complexity index is 341. The van der Waals surface area contributed by atoms with Crippen LogP contribution >= 0.6 is 0 Å². The highest BCUT2D eigenvalue weighted by atomic mass is 15.2. The van der Waals surface area contributed by atoms with Crippen LogP contribution in [0.4, 0.5) is 0 Å². The molecule has 1 saturated heterocycles. The van der Waals surface area contributed by atoms with E-state index < -0.39 is 0 Å². The third-order valence-electron chi connectivity index (χ3n) is 3.67. The molecule has 2 unspecified atom stereocenters. The number of likely N-dealkylation sites (tertiary alicyclic amines) is 1. The van der Waals surface area contributed by atoms with Crippen LogP contribution in [0.1, 0.15) is 32.4 Å². The highest BCUT2D eigenvalue weighted by Gasteiger charge is 2.25. The van der Waals surface area contributed by atoms with Gasteiger partial charge in [0, 0.05) is 31.9 Å². The van der Waals surface area contributed by atoms with E-state index in [-0.39, 0.29) is 0 Å². The number of rotatable bonds is 5. The second kappa shape index (κ2) is 6.81. The smallest absolute Gasteiger partial charge is 0.115 e. The molecule has 100 valence electrons. The topological polar surface area (TPSA) is 41.0 Å². The fourth-order valence-electron chi connectivity index (χ4n) is 2.65. The molecule has 4 heteroatoms. The van der Waals surface area contributed by atoms with Crippen LogP contribution in [0.2, 0.25) is 0 Å². The Morgan fingerprint density at radius 2 is 2.39 bits per heavy atom. The standard InChI is InChI=1S/C14H24N4/c1-3-6-16-14-5-8-18(9-12(14)2)10-13-4-7-15-11-17-13/h4,7,11-12,14,16H,3,5-6,8-10H2,1-2H3. The molecule has 1 aromatic rings. The molecule has 1 N–H and O–H groups in total. The summed E-state index contributed by atoms with van der Waals surface area (Å²) in [5.41, 5.74) is 1.12. The molecule has 18 heavy (non-hydrogen) atoms. The lowest BCUT2D eigenvalue weighted by Crippen LogP contribution is -2.48.